The summed E-state index contributed by atoms with van der Waals surface area (Å²) in [6.45, 7) is 1.61. The van der Waals surface area contributed by atoms with Crippen LogP contribution in [0.15, 0.2) is 48.6 Å². The van der Waals surface area contributed by atoms with Crippen molar-refractivity contribution in [3.8, 4) is 0 Å². The Morgan fingerprint density at radius 2 is 0.784 bits per heavy atom. The van der Waals surface area contributed by atoms with Gasteiger partial charge in [0.05, 0.1) is 38.6 Å². The zero-order chi connectivity index (χ0) is 64.0. The first-order chi connectivity index (χ1) is 42.8. The quantitative estimate of drug-likeness (QED) is 0.0200. The van der Waals surface area contributed by atoms with Crippen LogP contribution >= 0.6 is 0 Å². The number of hydrogen-bond donors (Lipinski definition) is 12. The smallest absolute Gasteiger partial charge is 0.220 e. The number of carbonyl (C=O) groups is 1. The second-order valence-corrected chi connectivity index (χ2v) is 25.0. The Kier molecular flexibility index (Phi) is 46.5. The molecular weight excluding hydrogens is 1130 g/mol. The second-order valence-electron chi connectivity index (χ2n) is 25.0. The summed E-state index contributed by atoms with van der Waals surface area (Å²) in [6.07, 6.45) is 34.4. The molecule has 0 spiro atoms. The Morgan fingerprint density at radius 1 is 0.420 bits per heavy atom. The van der Waals surface area contributed by atoms with Gasteiger partial charge in [-0.3, -0.25) is 4.79 Å². The lowest BCUT2D eigenvalue weighted by molar-refractivity contribution is -0.379. The average molecular weight is 1260 g/mol. The lowest BCUT2D eigenvalue weighted by atomic mass is 9.96. The zero-order valence-electron chi connectivity index (χ0n) is 54.2. The largest absolute Gasteiger partial charge is 0.394 e. The molecule has 0 aromatic heterocycles. The van der Waals surface area contributed by atoms with E-state index in [4.69, 9.17) is 28.4 Å². The van der Waals surface area contributed by atoms with Crippen molar-refractivity contribution in [2.24, 2.45) is 0 Å². The highest BCUT2D eigenvalue weighted by molar-refractivity contribution is 5.76. The normalized spacial score (nSPS) is 28.7. The molecule has 17 atom stereocenters. The van der Waals surface area contributed by atoms with E-state index in [2.05, 4.69) is 67.8 Å². The van der Waals surface area contributed by atoms with Gasteiger partial charge in [0.1, 0.15) is 73.2 Å². The van der Waals surface area contributed by atoms with Crippen LogP contribution in [0.4, 0.5) is 0 Å². The van der Waals surface area contributed by atoms with Gasteiger partial charge in [0, 0.05) is 6.42 Å². The van der Waals surface area contributed by atoms with E-state index in [0.717, 1.165) is 83.5 Å². The fraction of sp³-hybridized carbons (Fsp3) is 0.870. The maximum Gasteiger partial charge on any atom is 0.220 e. The van der Waals surface area contributed by atoms with Gasteiger partial charge in [-0.05, 0) is 51.4 Å². The van der Waals surface area contributed by atoms with Crippen LogP contribution in [0.1, 0.15) is 251 Å². The van der Waals surface area contributed by atoms with Crippen LogP contribution in [0, 0.1) is 0 Å². The third-order valence-electron chi connectivity index (χ3n) is 17.4. The molecule has 0 radical (unpaired) electrons. The summed E-state index contributed by atoms with van der Waals surface area (Å²) >= 11 is 0. The number of unbranched alkanes of at least 4 members (excludes halogenated alkanes) is 29. The van der Waals surface area contributed by atoms with E-state index < -0.39 is 124 Å². The minimum atomic E-state index is -1.97. The number of hydrogen-bond acceptors (Lipinski definition) is 18. The molecule has 12 N–H and O–H groups in total. The summed E-state index contributed by atoms with van der Waals surface area (Å²) in [7, 11) is 0. The molecule has 0 bridgehead atoms. The lowest BCUT2D eigenvalue weighted by Gasteiger charge is -2.48. The fourth-order valence-corrected chi connectivity index (χ4v) is 11.8. The number of aliphatic hydroxyl groups excluding tert-OH is 11. The first-order valence-electron chi connectivity index (χ1n) is 34.9. The van der Waals surface area contributed by atoms with Crippen LogP contribution in [0.2, 0.25) is 0 Å². The summed E-state index contributed by atoms with van der Waals surface area (Å²) < 4.78 is 34.2. The van der Waals surface area contributed by atoms with Crippen molar-refractivity contribution in [2.75, 3.05) is 26.4 Å². The third kappa shape index (κ3) is 33.0. The first kappa shape index (κ1) is 80.0. The van der Waals surface area contributed by atoms with E-state index in [1.807, 2.05) is 0 Å². The lowest BCUT2D eigenvalue weighted by Crippen LogP contribution is -2.66. The van der Waals surface area contributed by atoms with E-state index in [1.54, 1.807) is 0 Å². The summed E-state index contributed by atoms with van der Waals surface area (Å²) in [4.78, 5) is 13.3. The van der Waals surface area contributed by atoms with Gasteiger partial charge < -0.3 is 89.9 Å². The first-order valence-corrected chi connectivity index (χ1v) is 34.9. The molecule has 19 nitrogen and oxygen atoms in total. The Hall–Kier alpha value is -2.25. The summed E-state index contributed by atoms with van der Waals surface area (Å²) in [5, 5.41) is 120. The average Bonchev–Trinajstić information content (AvgIpc) is 0.949. The Labute approximate surface area is 529 Å². The molecule has 3 rings (SSSR count). The van der Waals surface area contributed by atoms with Crippen molar-refractivity contribution in [3.05, 3.63) is 48.6 Å². The number of aliphatic hydroxyl groups is 11. The van der Waals surface area contributed by atoms with Crippen LogP contribution in [-0.4, -0.2) is 193 Å². The predicted octanol–water partition coefficient (Wildman–Crippen LogP) is 9.00. The molecule has 88 heavy (non-hydrogen) atoms. The van der Waals surface area contributed by atoms with E-state index in [0.29, 0.717) is 12.8 Å². The van der Waals surface area contributed by atoms with Gasteiger partial charge in [-0.1, -0.05) is 242 Å². The maximum atomic E-state index is 13.3. The molecule has 0 aliphatic carbocycles. The number of carbonyl (C=O) groups excluding carboxylic acids is 1. The van der Waals surface area contributed by atoms with Gasteiger partial charge in [0.15, 0.2) is 18.9 Å². The molecule has 1 amide bonds. The van der Waals surface area contributed by atoms with E-state index in [9.17, 15) is 61.0 Å². The fourth-order valence-electron chi connectivity index (χ4n) is 11.8. The monoisotopic (exact) mass is 1260 g/mol. The molecule has 3 aliphatic heterocycles. The van der Waals surface area contributed by atoms with Gasteiger partial charge in [0.2, 0.25) is 5.91 Å². The molecule has 3 saturated heterocycles. The highest BCUT2D eigenvalue weighted by Gasteiger charge is 2.53. The third-order valence-corrected chi connectivity index (χ3v) is 17.4. The highest BCUT2D eigenvalue weighted by atomic mass is 16.8. The Balaban J connectivity index is 1.24. The van der Waals surface area contributed by atoms with Crippen LogP contribution in [0.5, 0.6) is 0 Å². The minimum absolute atomic E-state index is 0.245. The molecule has 3 aliphatic rings. The van der Waals surface area contributed by atoms with Crippen molar-refractivity contribution in [1.82, 2.24) is 5.32 Å². The maximum absolute atomic E-state index is 13.3. The second kappa shape index (κ2) is 51.2. The summed E-state index contributed by atoms with van der Waals surface area (Å²) in [5.41, 5.74) is 0. The van der Waals surface area contributed by atoms with Crippen molar-refractivity contribution in [2.45, 2.75) is 356 Å². The standard InChI is InChI=1S/C69H125NO18/c1-3-5-7-9-11-12-13-14-15-16-17-18-19-20-21-22-23-24-25-26-27-28-29-30-31-32-33-34-35-36-37-38-39-40-41-43-45-47-57(75)70-52(53(74)46-44-42-10-8-6-4-2)51-83-67-63(81)60(78)65(55(49-72)85-67)88-69-64(82)61(79)66(56(50-73)86-69)87-68-62(80)59(77)58(76)54(48-71)84-68/h5,7,11-12,14-15,17-18,52-56,58-69,71-74,76-82H,3-4,6,8-10,13,16,19-51H2,1-2H3,(H,70,75)/b7-5-,12-11-,15-14-,18-17-. The summed E-state index contributed by atoms with van der Waals surface area (Å²) in [6, 6.07) is -0.882. The number of amides is 1. The molecule has 0 aromatic carbocycles. The van der Waals surface area contributed by atoms with Gasteiger partial charge in [-0.25, -0.2) is 0 Å². The van der Waals surface area contributed by atoms with Crippen molar-refractivity contribution in [1.29, 1.82) is 0 Å². The molecule has 17 unspecified atom stereocenters. The van der Waals surface area contributed by atoms with Crippen LogP contribution in [-0.2, 0) is 33.2 Å². The van der Waals surface area contributed by atoms with E-state index in [-0.39, 0.29) is 18.9 Å². The summed E-state index contributed by atoms with van der Waals surface area (Å²) in [5.74, 6) is -0.245. The Bertz CT molecular complexity index is 1790. The zero-order valence-corrected chi connectivity index (χ0v) is 54.2. The number of allylic oxidation sites excluding steroid dienone is 8. The highest BCUT2D eigenvalue weighted by Crippen LogP contribution is 2.33. The van der Waals surface area contributed by atoms with Crippen LogP contribution in [0.25, 0.3) is 0 Å². The van der Waals surface area contributed by atoms with Crippen LogP contribution < -0.4 is 5.32 Å². The van der Waals surface area contributed by atoms with Crippen LogP contribution in [0.3, 0.4) is 0 Å². The molecular formula is C69H125NO18. The molecule has 19 heteroatoms. The van der Waals surface area contributed by atoms with Gasteiger partial charge in [-0.15, -0.1) is 0 Å². The van der Waals surface area contributed by atoms with Crippen molar-refractivity contribution < 1.29 is 89.4 Å². The predicted molar refractivity (Wildman–Crippen MR) is 342 cm³/mol. The molecule has 0 aromatic rings. The van der Waals surface area contributed by atoms with Gasteiger partial charge in [-0.2, -0.15) is 0 Å². The SMILES string of the molecule is CC/C=C\C/C=C\C/C=C\C/C=C\CCCCCCCCCCCCCCCCCCCCCCCCCCC(=O)NC(COC1OC(CO)C(OC2OC(CO)C(OC3OC(CO)C(O)C(O)C3O)C(O)C2O)C(O)C1O)C(O)CCCCCCCC. The molecule has 0 saturated carbocycles. The van der Waals surface area contributed by atoms with Gasteiger partial charge >= 0.3 is 0 Å². The molecule has 3 heterocycles. The number of ether oxygens (including phenoxy) is 6. The minimum Gasteiger partial charge on any atom is -0.394 e. The molecule has 3 fully saturated rings. The Morgan fingerprint density at radius 3 is 1.23 bits per heavy atom. The van der Waals surface area contributed by atoms with Crippen molar-refractivity contribution >= 4 is 5.91 Å². The number of rotatable bonds is 53. The molecule has 514 valence electrons. The van der Waals surface area contributed by atoms with Gasteiger partial charge in [0.25, 0.3) is 0 Å². The van der Waals surface area contributed by atoms with E-state index in [1.165, 1.54) is 135 Å². The topological polar surface area (TPSA) is 307 Å². The number of nitrogens with one attached hydrogen (secondary N) is 1. The van der Waals surface area contributed by atoms with Crippen molar-refractivity contribution in [3.63, 3.8) is 0 Å². The van der Waals surface area contributed by atoms with E-state index >= 15 is 0 Å².